The molecule has 0 unspecified atom stereocenters. The van der Waals surface area contributed by atoms with Gasteiger partial charge in [-0.25, -0.2) is 9.67 Å². The number of hydrogen-bond acceptors (Lipinski definition) is 5. The average molecular weight is 287 g/mol. The van der Waals surface area contributed by atoms with E-state index in [1.807, 2.05) is 0 Å². The average Bonchev–Trinajstić information content (AvgIpc) is 2.89. The number of aryl methyl sites for hydroxylation is 1. The van der Waals surface area contributed by atoms with Crippen molar-refractivity contribution in [1.82, 2.24) is 23.8 Å². The molecule has 0 saturated carbocycles. The monoisotopic (exact) mass is 287 g/mol. The maximum absolute atomic E-state index is 12.3. The topological polar surface area (TPSA) is 89.3 Å². The minimum absolute atomic E-state index is 0.288. The van der Waals surface area contributed by atoms with Crippen LogP contribution in [0.4, 0.5) is 0 Å². The lowest BCUT2D eigenvalue weighted by Gasteiger charge is -2.29. The van der Waals surface area contributed by atoms with E-state index < -0.39 is 10.2 Å². The summed E-state index contributed by atoms with van der Waals surface area (Å²) in [6.45, 7) is 2.48. The number of nitrogens with zero attached hydrogens (tertiary/aromatic N) is 4. The number of aromatic nitrogens is 3. The Bertz CT molecular complexity index is 537. The summed E-state index contributed by atoms with van der Waals surface area (Å²) in [5, 5.41) is 4.09. The summed E-state index contributed by atoms with van der Waals surface area (Å²) in [5.74, 6) is 0.697. The zero-order valence-corrected chi connectivity index (χ0v) is 11.3. The molecule has 0 amide bonds. The molecule has 3 rings (SSSR count). The van der Waals surface area contributed by atoms with Crippen LogP contribution in [-0.4, -0.2) is 53.8 Å². The summed E-state index contributed by atoms with van der Waals surface area (Å²) in [7, 11) is -3.48. The van der Waals surface area contributed by atoms with E-state index in [2.05, 4.69) is 14.8 Å². The van der Waals surface area contributed by atoms with E-state index in [-0.39, 0.29) is 6.04 Å². The Labute approximate surface area is 111 Å². The third kappa shape index (κ3) is 2.64. The molecule has 2 aliphatic heterocycles. The van der Waals surface area contributed by atoms with Crippen LogP contribution >= 0.6 is 0 Å². The van der Waals surface area contributed by atoms with Crippen LogP contribution in [-0.2, 0) is 21.5 Å². The molecule has 3 heterocycles. The first-order valence-electron chi connectivity index (χ1n) is 6.40. The molecule has 1 atom stereocenters. The predicted octanol–water partition coefficient (Wildman–Crippen LogP) is -0.720. The zero-order chi connectivity index (χ0) is 13.3. The third-order valence-electron chi connectivity index (χ3n) is 3.42. The van der Waals surface area contributed by atoms with Gasteiger partial charge in [-0.1, -0.05) is 0 Å². The molecule has 1 aromatic heterocycles. The fourth-order valence-corrected chi connectivity index (χ4v) is 3.80. The zero-order valence-electron chi connectivity index (χ0n) is 10.5. The Morgan fingerprint density at radius 2 is 2.11 bits per heavy atom. The smallest absolute Gasteiger partial charge is 0.280 e. The molecule has 0 aliphatic carbocycles. The summed E-state index contributed by atoms with van der Waals surface area (Å²) in [6, 6.07) is -0.288. The van der Waals surface area contributed by atoms with Crippen LogP contribution in [0.3, 0.4) is 0 Å². The van der Waals surface area contributed by atoms with Gasteiger partial charge < -0.3 is 4.74 Å². The van der Waals surface area contributed by atoms with Crippen LogP contribution in [0.2, 0.25) is 0 Å². The Balaban J connectivity index is 1.75. The molecule has 1 N–H and O–H groups in total. The van der Waals surface area contributed by atoms with Gasteiger partial charge >= 0.3 is 0 Å². The Kier molecular flexibility index (Phi) is 3.52. The molecule has 0 aromatic carbocycles. The van der Waals surface area contributed by atoms with Gasteiger partial charge in [0.1, 0.15) is 12.2 Å². The van der Waals surface area contributed by atoms with Gasteiger partial charge in [0, 0.05) is 19.6 Å². The van der Waals surface area contributed by atoms with E-state index in [1.54, 1.807) is 4.68 Å². The number of rotatable bonds is 3. The summed E-state index contributed by atoms with van der Waals surface area (Å²) in [4.78, 5) is 4.15. The van der Waals surface area contributed by atoms with Crippen LogP contribution < -0.4 is 4.72 Å². The van der Waals surface area contributed by atoms with Gasteiger partial charge in [0.05, 0.1) is 19.3 Å². The van der Waals surface area contributed by atoms with Crippen molar-refractivity contribution in [2.75, 3.05) is 26.3 Å². The van der Waals surface area contributed by atoms with Gasteiger partial charge in [-0.3, -0.25) is 0 Å². The lowest BCUT2D eigenvalue weighted by atomic mass is 10.1. The summed E-state index contributed by atoms with van der Waals surface area (Å²) < 4.78 is 35.7. The molecule has 8 nitrogen and oxygen atoms in total. The molecule has 1 saturated heterocycles. The van der Waals surface area contributed by atoms with Crippen molar-refractivity contribution in [3.8, 4) is 0 Å². The van der Waals surface area contributed by atoms with Gasteiger partial charge in [-0.15, -0.1) is 0 Å². The number of ether oxygens (including phenoxy) is 1. The first-order chi connectivity index (χ1) is 9.17. The number of nitrogens with one attached hydrogen (secondary N) is 1. The van der Waals surface area contributed by atoms with Crippen molar-refractivity contribution in [1.29, 1.82) is 0 Å². The van der Waals surface area contributed by atoms with Gasteiger partial charge in [0.25, 0.3) is 10.2 Å². The molecule has 0 spiro atoms. The van der Waals surface area contributed by atoms with Gasteiger partial charge in [0.2, 0.25) is 0 Å². The summed E-state index contributed by atoms with van der Waals surface area (Å²) in [5.41, 5.74) is 0. The second-order valence-electron chi connectivity index (χ2n) is 4.67. The number of fused-ring (bicyclic) bond motifs is 1. The fourth-order valence-electron chi connectivity index (χ4n) is 2.44. The lowest BCUT2D eigenvalue weighted by Crippen LogP contribution is -2.48. The Morgan fingerprint density at radius 3 is 2.89 bits per heavy atom. The van der Waals surface area contributed by atoms with E-state index in [9.17, 15) is 8.42 Å². The third-order valence-corrected chi connectivity index (χ3v) is 5.05. The number of morpholine rings is 1. The van der Waals surface area contributed by atoms with E-state index in [0.29, 0.717) is 32.1 Å². The van der Waals surface area contributed by atoms with Crippen LogP contribution in [0.25, 0.3) is 0 Å². The van der Waals surface area contributed by atoms with Crippen LogP contribution in [0.15, 0.2) is 6.33 Å². The second-order valence-corrected chi connectivity index (χ2v) is 6.37. The first kappa shape index (κ1) is 13.0. The van der Waals surface area contributed by atoms with E-state index >= 15 is 0 Å². The molecule has 106 valence electrons. The predicted molar refractivity (Wildman–Crippen MR) is 66.4 cm³/mol. The molecular weight excluding hydrogens is 270 g/mol. The molecular formula is C10H17N5O3S. The van der Waals surface area contributed by atoms with E-state index in [4.69, 9.17) is 4.74 Å². The minimum atomic E-state index is -3.48. The van der Waals surface area contributed by atoms with Gasteiger partial charge in [-0.05, 0) is 12.8 Å². The van der Waals surface area contributed by atoms with E-state index in [1.165, 1.54) is 10.6 Å². The lowest BCUT2D eigenvalue weighted by molar-refractivity contribution is 0.0722. The highest BCUT2D eigenvalue weighted by Gasteiger charge is 2.31. The van der Waals surface area contributed by atoms with Crippen molar-refractivity contribution in [2.24, 2.45) is 0 Å². The van der Waals surface area contributed by atoms with Crippen molar-refractivity contribution in [3.63, 3.8) is 0 Å². The van der Waals surface area contributed by atoms with Crippen molar-refractivity contribution < 1.29 is 13.2 Å². The molecule has 19 heavy (non-hydrogen) atoms. The van der Waals surface area contributed by atoms with Crippen molar-refractivity contribution >= 4 is 10.2 Å². The first-order valence-corrected chi connectivity index (χ1v) is 7.84. The molecule has 9 heteroatoms. The summed E-state index contributed by atoms with van der Waals surface area (Å²) in [6.07, 6.45) is 3.12. The maximum atomic E-state index is 12.3. The van der Waals surface area contributed by atoms with Crippen molar-refractivity contribution in [3.05, 3.63) is 12.2 Å². The second kappa shape index (κ2) is 5.16. The molecule has 0 radical (unpaired) electrons. The van der Waals surface area contributed by atoms with Gasteiger partial charge in [0.15, 0.2) is 0 Å². The molecule has 1 fully saturated rings. The highest BCUT2D eigenvalue weighted by atomic mass is 32.2. The highest BCUT2D eigenvalue weighted by Crippen LogP contribution is 2.23. The Hall–Kier alpha value is -1.03. The van der Waals surface area contributed by atoms with Crippen LogP contribution in [0, 0.1) is 0 Å². The van der Waals surface area contributed by atoms with Crippen LogP contribution in [0.1, 0.15) is 24.7 Å². The normalized spacial score (nSPS) is 25.2. The van der Waals surface area contributed by atoms with Crippen LogP contribution in [0.5, 0.6) is 0 Å². The Morgan fingerprint density at radius 1 is 1.32 bits per heavy atom. The van der Waals surface area contributed by atoms with Crippen molar-refractivity contribution in [2.45, 2.75) is 25.4 Å². The maximum Gasteiger partial charge on any atom is 0.280 e. The number of hydrogen-bond donors (Lipinski definition) is 1. The SMILES string of the molecule is O=S(=O)(N[C@H]1CCCn2ncnc21)N1CCOCC1. The summed E-state index contributed by atoms with van der Waals surface area (Å²) >= 11 is 0. The standard InChI is InChI=1S/C10H17N5O3S/c16-19(17,14-4-6-18-7-5-14)13-9-2-1-3-15-10(9)11-8-12-15/h8-9,13H,1-7H2/t9-/m0/s1. The molecule has 2 aliphatic rings. The molecule has 0 bridgehead atoms. The van der Waals surface area contributed by atoms with E-state index in [0.717, 1.165) is 19.4 Å². The quantitative estimate of drug-likeness (QED) is 0.792. The largest absolute Gasteiger partial charge is 0.379 e. The minimum Gasteiger partial charge on any atom is -0.379 e. The van der Waals surface area contributed by atoms with Gasteiger partial charge in [-0.2, -0.15) is 22.5 Å². The molecule has 1 aromatic rings. The highest BCUT2D eigenvalue weighted by molar-refractivity contribution is 7.87. The fraction of sp³-hybridized carbons (Fsp3) is 0.800.